The number of nitrogens with one attached hydrogen (secondary N) is 1. The molecular formula is C18H21NO3S. The summed E-state index contributed by atoms with van der Waals surface area (Å²) in [5, 5.41) is 12.2. The number of aromatic carboxylic acids is 1. The van der Waals surface area contributed by atoms with E-state index in [1.165, 1.54) is 0 Å². The highest BCUT2D eigenvalue weighted by molar-refractivity contribution is 7.15. The molecule has 0 radical (unpaired) electrons. The zero-order valence-corrected chi connectivity index (χ0v) is 14.0. The van der Waals surface area contributed by atoms with Gasteiger partial charge in [-0.1, -0.05) is 18.8 Å². The molecule has 0 bridgehead atoms. The lowest BCUT2D eigenvalue weighted by molar-refractivity contribution is -0.121. The first-order valence-electron chi connectivity index (χ1n) is 8.22. The lowest BCUT2D eigenvalue weighted by Gasteiger charge is -2.25. The Morgan fingerprint density at radius 1 is 1.22 bits per heavy atom. The van der Waals surface area contributed by atoms with Crippen molar-refractivity contribution in [2.75, 3.05) is 5.32 Å². The molecule has 0 spiro atoms. The minimum Gasteiger partial charge on any atom is -0.477 e. The summed E-state index contributed by atoms with van der Waals surface area (Å²) >= 11 is 1.14. The molecule has 2 saturated carbocycles. The molecule has 2 fully saturated rings. The summed E-state index contributed by atoms with van der Waals surface area (Å²) in [6.07, 6.45) is 6.15. The largest absolute Gasteiger partial charge is 0.477 e. The normalized spacial score (nSPS) is 23.7. The number of carbonyl (C=O) groups excluding carboxylic acids is 1. The Morgan fingerprint density at radius 3 is 2.52 bits per heavy atom. The molecule has 2 aliphatic rings. The smallest absolute Gasteiger partial charge is 0.348 e. The predicted molar refractivity (Wildman–Crippen MR) is 90.6 cm³/mol. The van der Waals surface area contributed by atoms with E-state index in [9.17, 15) is 14.7 Å². The van der Waals surface area contributed by atoms with E-state index < -0.39 is 5.97 Å². The van der Waals surface area contributed by atoms with Crippen molar-refractivity contribution in [1.29, 1.82) is 0 Å². The molecule has 0 atom stereocenters. The zero-order valence-electron chi connectivity index (χ0n) is 13.2. The third kappa shape index (κ3) is 4.14. The van der Waals surface area contributed by atoms with Crippen LogP contribution in [-0.4, -0.2) is 17.0 Å². The van der Waals surface area contributed by atoms with Crippen molar-refractivity contribution < 1.29 is 14.7 Å². The molecule has 4 nitrogen and oxygen atoms in total. The summed E-state index contributed by atoms with van der Waals surface area (Å²) in [6, 6.07) is 1.70. The van der Waals surface area contributed by atoms with E-state index in [1.54, 1.807) is 6.07 Å². The molecule has 1 heterocycles. The van der Waals surface area contributed by atoms with Crippen LogP contribution in [0.1, 0.15) is 60.0 Å². The predicted octanol–water partition coefficient (Wildman–Crippen LogP) is 3.97. The number of rotatable bonds is 3. The SMILES string of the molecule is CC1CCC(C(=O)Nc2cc(C#CC3CC3)sc2C(=O)O)CC1. The highest BCUT2D eigenvalue weighted by Crippen LogP contribution is 2.32. The number of amides is 1. The molecule has 1 aromatic heterocycles. The molecule has 5 heteroatoms. The van der Waals surface area contributed by atoms with Crippen LogP contribution < -0.4 is 5.32 Å². The maximum absolute atomic E-state index is 12.4. The third-order valence-corrected chi connectivity index (χ3v) is 5.59. The van der Waals surface area contributed by atoms with Crippen LogP contribution >= 0.6 is 11.3 Å². The molecule has 0 saturated heterocycles. The molecule has 122 valence electrons. The summed E-state index contributed by atoms with van der Waals surface area (Å²) in [5.74, 6) is 6.23. The fourth-order valence-electron chi connectivity index (χ4n) is 2.86. The van der Waals surface area contributed by atoms with Crippen LogP contribution in [0.2, 0.25) is 0 Å². The van der Waals surface area contributed by atoms with Crippen LogP contribution in [-0.2, 0) is 4.79 Å². The quantitative estimate of drug-likeness (QED) is 0.824. The topological polar surface area (TPSA) is 66.4 Å². The van der Waals surface area contributed by atoms with Crippen molar-refractivity contribution in [2.24, 2.45) is 17.8 Å². The first-order chi connectivity index (χ1) is 11.0. The summed E-state index contributed by atoms with van der Waals surface area (Å²) in [6.45, 7) is 2.21. The molecule has 0 aromatic carbocycles. The van der Waals surface area contributed by atoms with E-state index >= 15 is 0 Å². The monoisotopic (exact) mass is 331 g/mol. The fraction of sp³-hybridized carbons (Fsp3) is 0.556. The van der Waals surface area contributed by atoms with Crippen LogP contribution in [0.3, 0.4) is 0 Å². The van der Waals surface area contributed by atoms with Gasteiger partial charge in [-0.3, -0.25) is 4.79 Å². The number of carbonyl (C=O) groups is 2. The van der Waals surface area contributed by atoms with Gasteiger partial charge in [0, 0.05) is 11.8 Å². The van der Waals surface area contributed by atoms with Crippen LogP contribution in [0.4, 0.5) is 5.69 Å². The summed E-state index contributed by atoms with van der Waals surface area (Å²) in [7, 11) is 0. The lowest BCUT2D eigenvalue weighted by atomic mass is 9.82. The van der Waals surface area contributed by atoms with Crippen molar-refractivity contribution in [2.45, 2.75) is 45.4 Å². The molecule has 0 aliphatic heterocycles. The van der Waals surface area contributed by atoms with E-state index in [-0.39, 0.29) is 16.7 Å². The summed E-state index contributed by atoms with van der Waals surface area (Å²) in [4.78, 5) is 24.7. The molecule has 3 rings (SSSR count). The Hall–Kier alpha value is -1.80. The molecule has 1 amide bonds. The second-order valence-corrected chi connectivity index (χ2v) is 7.70. The number of carboxylic acid groups (broad SMARTS) is 1. The van der Waals surface area contributed by atoms with E-state index in [2.05, 4.69) is 24.1 Å². The molecule has 0 unspecified atom stereocenters. The first-order valence-corrected chi connectivity index (χ1v) is 9.04. The molecule has 2 N–H and O–H groups in total. The molecular weight excluding hydrogens is 310 g/mol. The van der Waals surface area contributed by atoms with Gasteiger partial charge < -0.3 is 10.4 Å². The van der Waals surface area contributed by atoms with Crippen molar-refractivity contribution in [1.82, 2.24) is 0 Å². The van der Waals surface area contributed by atoms with Gasteiger partial charge in [0.2, 0.25) is 5.91 Å². The van der Waals surface area contributed by atoms with Gasteiger partial charge in [0.25, 0.3) is 0 Å². The van der Waals surface area contributed by atoms with Crippen molar-refractivity contribution in [3.63, 3.8) is 0 Å². The van der Waals surface area contributed by atoms with Crippen molar-refractivity contribution in [3.05, 3.63) is 15.8 Å². The standard InChI is InChI=1S/C18H21NO3S/c1-11-2-7-13(8-3-11)17(20)19-15-10-14(9-6-12-4-5-12)23-16(15)18(21)22/h10-13H,2-5,7-8H2,1H3,(H,19,20)(H,21,22). The van der Waals surface area contributed by atoms with Crippen molar-refractivity contribution >= 4 is 28.9 Å². The maximum Gasteiger partial charge on any atom is 0.348 e. The second kappa shape index (κ2) is 6.76. The Balaban J connectivity index is 1.71. The highest BCUT2D eigenvalue weighted by Gasteiger charge is 2.26. The number of carboxylic acids is 1. The molecule has 2 aliphatic carbocycles. The van der Waals surface area contributed by atoms with Crippen molar-refractivity contribution in [3.8, 4) is 11.8 Å². The van der Waals surface area contributed by atoms with Gasteiger partial charge >= 0.3 is 5.97 Å². The maximum atomic E-state index is 12.4. The molecule has 1 aromatic rings. The van der Waals surface area contributed by atoms with Crippen LogP contribution in [0, 0.1) is 29.6 Å². The van der Waals surface area contributed by atoms with Crippen LogP contribution in [0.25, 0.3) is 0 Å². The number of hydrogen-bond acceptors (Lipinski definition) is 3. The van der Waals surface area contributed by atoms with E-state index in [4.69, 9.17) is 0 Å². The highest BCUT2D eigenvalue weighted by atomic mass is 32.1. The third-order valence-electron chi connectivity index (χ3n) is 4.55. The Labute approximate surface area is 140 Å². The van der Waals surface area contributed by atoms with E-state index in [0.717, 1.165) is 49.9 Å². The number of thiophene rings is 1. The van der Waals surface area contributed by atoms with Crippen LogP contribution in [0.15, 0.2) is 6.07 Å². The fourth-order valence-corrected chi connectivity index (χ4v) is 3.68. The number of anilines is 1. The minimum atomic E-state index is -1.01. The van der Waals surface area contributed by atoms with Gasteiger partial charge in [-0.05, 0) is 50.5 Å². The summed E-state index contributed by atoms with van der Waals surface area (Å²) < 4.78 is 0. The Morgan fingerprint density at radius 2 is 1.91 bits per heavy atom. The second-order valence-electron chi connectivity index (χ2n) is 6.65. The Bertz CT molecular complexity index is 670. The first kappa shape index (κ1) is 16.1. The van der Waals surface area contributed by atoms with Gasteiger partial charge in [0.05, 0.1) is 10.6 Å². The van der Waals surface area contributed by atoms with E-state index in [1.807, 2.05) is 0 Å². The average molecular weight is 331 g/mol. The van der Waals surface area contributed by atoms with Gasteiger partial charge in [-0.2, -0.15) is 0 Å². The van der Waals surface area contributed by atoms with Gasteiger partial charge in [-0.15, -0.1) is 11.3 Å². The van der Waals surface area contributed by atoms with Gasteiger partial charge in [-0.25, -0.2) is 4.79 Å². The van der Waals surface area contributed by atoms with Gasteiger partial charge in [0.1, 0.15) is 4.88 Å². The van der Waals surface area contributed by atoms with E-state index in [0.29, 0.717) is 22.4 Å². The lowest BCUT2D eigenvalue weighted by Crippen LogP contribution is -2.27. The molecule has 23 heavy (non-hydrogen) atoms. The number of hydrogen-bond donors (Lipinski definition) is 2. The minimum absolute atomic E-state index is 0.00579. The summed E-state index contributed by atoms with van der Waals surface area (Å²) in [5.41, 5.74) is 0.395. The zero-order chi connectivity index (χ0) is 16.4. The van der Waals surface area contributed by atoms with Gasteiger partial charge in [0.15, 0.2) is 0 Å². The van der Waals surface area contributed by atoms with Crippen LogP contribution in [0.5, 0.6) is 0 Å². The average Bonchev–Trinajstić information content (AvgIpc) is 3.26. The Kier molecular flexibility index (Phi) is 4.72.